The van der Waals surface area contributed by atoms with E-state index in [0.717, 1.165) is 89.9 Å². The molecule has 402 valence electrons. The zero-order valence-corrected chi connectivity index (χ0v) is 47.3. The molecule has 8 saturated carbocycles. The molecule has 0 saturated heterocycles. The zero-order chi connectivity index (χ0) is 52.6. The predicted molar refractivity (Wildman–Crippen MR) is 279 cm³/mol. The van der Waals surface area contributed by atoms with Gasteiger partial charge in [0.2, 0.25) is 0 Å². The highest BCUT2D eigenvalue weighted by molar-refractivity contribution is 5.96. The number of allylic oxidation sites excluding steroid dienone is 4. The standard InChI is InChI=1S/C63H96O9/c1-52(2)44-15-21-62(13)48(58(44,9)19-17-46(52)68)42(66)32-39-41-34-57(8,26-24-55(41,6)28-30-61(39,62)12)51(70)72-47-18-20-59(10)45(53(47,3)4)16-22-63(14)49(59)43(67)31-38-40-33-56(7,50(69)71-36-37(65)35-64)25-23-54(40,5)27-29-60(38,63)11/h31-32,37,40-41,44-49,64-65,68H,15-30,33-36H2,1-14H3/t37?,40-,41-,44?,45?,46+,47+,48?,49-,54-,55-,56+,57+,58+,59+,60-,61-,62-,63-/m1/s1. The summed E-state index contributed by atoms with van der Waals surface area (Å²) < 4.78 is 12.6. The van der Waals surface area contributed by atoms with E-state index in [4.69, 9.17) is 9.47 Å². The van der Waals surface area contributed by atoms with Crippen LogP contribution >= 0.6 is 0 Å². The van der Waals surface area contributed by atoms with E-state index in [1.54, 1.807) is 0 Å². The molecule has 0 aromatic rings. The molecule has 0 aliphatic heterocycles. The monoisotopic (exact) mass is 997 g/mol. The van der Waals surface area contributed by atoms with Crippen molar-refractivity contribution in [2.24, 2.45) is 100 Å². The van der Waals surface area contributed by atoms with E-state index in [9.17, 15) is 20.1 Å². The molecule has 0 heterocycles. The van der Waals surface area contributed by atoms with E-state index >= 15 is 14.4 Å². The first-order chi connectivity index (χ1) is 33.2. The van der Waals surface area contributed by atoms with Crippen LogP contribution < -0.4 is 0 Å². The minimum absolute atomic E-state index is 0.00930. The van der Waals surface area contributed by atoms with E-state index < -0.39 is 23.5 Å². The summed E-state index contributed by atoms with van der Waals surface area (Å²) >= 11 is 0. The Hall–Kier alpha value is -2.36. The highest BCUT2D eigenvalue weighted by atomic mass is 16.6. The Labute approximate surface area is 433 Å². The minimum Gasteiger partial charge on any atom is -0.462 e. The van der Waals surface area contributed by atoms with E-state index in [1.807, 2.05) is 13.0 Å². The van der Waals surface area contributed by atoms with Crippen molar-refractivity contribution in [2.75, 3.05) is 13.2 Å². The van der Waals surface area contributed by atoms with Crippen LogP contribution in [0.25, 0.3) is 0 Å². The zero-order valence-electron chi connectivity index (χ0n) is 47.3. The van der Waals surface area contributed by atoms with Crippen molar-refractivity contribution in [1.82, 2.24) is 0 Å². The molecule has 0 aromatic heterocycles. The third kappa shape index (κ3) is 6.90. The van der Waals surface area contributed by atoms with Crippen LogP contribution in [0.2, 0.25) is 0 Å². The van der Waals surface area contributed by atoms with Gasteiger partial charge in [-0.1, -0.05) is 94.2 Å². The van der Waals surface area contributed by atoms with Crippen molar-refractivity contribution in [3.63, 3.8) is 0 Å². The first-order valence-electron chi connectivity index (χ1n) is 29.1. The summed E-state index contributed by atoms with van der Waals surface area (Å²) in [6.07, 6.45) is 18.2. The first-order valence-corrected chi connectivity index (χ1v) is 29.1. The second kappa shape index (κ2) is 16.3. The number of ketones is 2. The molecular weight excluding hydrogens is 901 g/mol. The molecule has 10 aliphatic rings. The normalized spacial score (nSPS) is 52.4. The third-order valence-electron chi connectivity index (χ3n) is 26.9. The highest BCUT2D eigenvalue weighted by Gasteiger charge is 2.73. The number of carbonyl (C=O) groups excluding carboxylic acids is 4. The molecule has 10 aliphatic carbocycles. The number of fused-ring (bicyclic) bond motifs is 14. The van der Waals surface area contributed by atoms with Crippen LogP contribution in [0.4, 0.5) is 0 Å². The smallest absolute Gasteiger partial charge is 0.312 e. The van der Waals surface area contributed by atoms with Gasteiger partial charge in [0.05, 0.1) is 23.5 Å². The van der Waals surface area contributed by atoms with Crippen molar-refractivity contribution < 1.29 is 44.0 Å². The quantitative estimate of drug-likeness (QED) is 0.221. The van der Waals surface area contributed by atoms with Crippen molar-refractivity contribution in [1.29, 1.82) is 0 Å². The largest absolute Gasteiger partial charge is 0.462 e. The number of aliphatic hydroxyl groups is 3. The molecule has 9 nitrogen and oxygen atoms in total. The van der Waals surface area contributed by atoms with Gasteiger partial charge in [0.25, 0.3) is 0 Å². The van der Waals surface area contributed by atoms with E-state index in [2.05, 4.69) is 96.1 Å². The Bertz CT molecular complexity index is 2360. The molecule has 19 atom stereocenters. The van der Waals surface area contributed by atoms with Gasteiger partial charge in [0.15, 0.2) is 11.6 Å². The SMILES string of the molecule is CC1(C)C2CC[C@]3(C)[C@H](C(=O)C=C4[C@H]5C[C@@](C)(C(=O)OCC(O)CO)CC[C@]5(C)CC[C@]43C)[C@@]2(C)CC[C@@H]1OC(=O)[C@@]1(C)CC[C@]2(C)CC[C@]3(C)C(=CC(=O)C4[C@@]5(C)CC[C@H](O)C(C)(C)C5CC[C@]43C)[C@H]2C1. The number of rotatable bonds is 6. The Morgan fingerprint density at radius 3 is 1.47 bits per heavy atom. The Balaban J connectivity index is 0.886. The summed E-state index contributed by atoms with van der Waals surface area (Å²) in [6, 6.07) is 0. The van der Waals surface area contributed by atoms with Crippen LogP contribution in [0.5, 0.6) is 0 Å². The first kappa shape index (κ1) is 53.1. The molecule has 0 amide bonds. The number of carbonyl (C=O) groups is 4. The molecule has 3 N–H and O–H groups in total. The van der Waals surface area contributed by atoms with Crippen molar-refractivity contribution >= 4 is 23.5 Å². The molecule has 8 fully saturated rings. The van der Waals surface area contributed by atoms with Gasteiger partial charge in [-0.3, -0.25) is 19.2 Å². The van der Waals surface area contributed by atoms with E-state index in [1.165, 1.54) is 11.1 Å². The number of hydrogen-bond acceptors (Lipinski definition) is 9. The molecular formula is C63H96O9. The highest BCUT2D eigenvalue weighted by Crippen LogP contribution is 2.78. The summed E-state index contributed by atoms with van der Waals surface area (Å²) in [5.41, 5.74) is -0.854. The van der Waals surface area contributed by atoms with Crippen LogP contribution in [0, 0.1) is 100 Å². The Morgan fingerprint density at radius 2 is 1.00 bits per heavy atom. The van der Waals surface area contributed by atoms with E-state index in [-0.39, 0.29) is 132 Å². The fraction of sp³-hybridized carbons (Fsp3) is 0.873. The average molecular weight is 997 g/mol. The van der Waals surface area contributed by atoms with Crippen molar-refractivity contribution in [3.05, 3.63) is 23.3 Å². The van der Waals surface area contributed by atoms with Crippen LogP contribution in [-0.4, -0.2) is 70.4 Å². The Kier molecular flexibility index (Phi) is 12.0. The molecule has 0 spiro atoms. The number of aliphatic hydroxyl groups excluding tert-OH is 3. The van der Waals surface area contributed by atoms with Crippen LogP contribution in [0.15, 0.2) is 23.3 Å². The maximum Gasteiger partial charge on any atom is 0.312 e. The summed E-state index contributed by atoms with van der Waals surface area (Å²) in [5.74, 6) is 0.478. The van der Waals surface area contributed by atoms with Crippen LogP contribution in [0.1, 0.15) is 213 Å². The Morgan fingerprint density at radius 1 is 0.569 bits per heavy atom. The van der Waals surface area contributed by atoms with Gasteiger partial charge in [0.1, 0.15) is 18.8 Å². The summed E-state index contributed by atoms with van der Waals surface area (Å²) in [7, 11) is 0. The van der Waals surface area contributed by atoms with Gasteiger partial charge in [-0.15, -0.1) is 0 Å². The minimum atomic E-state index is -1.10. The second-order valence-electron chi connectivity index (χ2n) is 31.1. The molecule has 0 bridgehead atoms. The lowest BCUT2D eigenvalue weighted by atomic mass is 9.33. The summed E-state index contributed by atoms with van der Waals surface area (Å²) in [5, 5.41) is 30.6. The van der Waals surface area contributed by atoms with Crippen LogP contribution in [0.3, 0.4) is 0 Å². The van der Waals surface area contributed by atoms with E-state index in [0.29, 0.717) is 25.7 Å². The molecule has 0 aromatic carbocycles. The fourth-order valence-electron chi connectivity index (χ4n) is 21.6. The number of ether oxygens (including phenoxy) is 2. The van der Waals surface area contributed by atoms with Crippen LogP contribution in [-0.2, 0) is 28.7 Å². The maximum atomic E-state index is 15.3. The topological polar surface area (TPSA) is 147 Å². The maximum absolute atomic E-state index is 15.3. The van der Waals surface area contributed by atoms with Gasteiger partial charge < -0.3 is 24.8 Å². The molecule has 72 heavy (non-hydrogen) atoms. The predicted octanol–water partition coefficient (Wildman–Crippen LogP) is 12.1. The fourth-order valence-corrected chi connectivity index (χ4v) is 21.6. The summed E-state index contributed by atoms with van der Waals surface area (Å²) in [4.78, 5) is 59.1. The van der Waals surface area contributed by atoms with Crippen molar-refractivity contribution in [2.45, 2.75) is 231 Å². The van der Waals surface area contributed by atoms with Gasteiger partial charge in [-0.05, 0) is 214 Å². The van der Waals surface area contributed by atoms with Gasteiger partial charge >= 0.3 is 11.9 Å². The lowest BCUT2D eigenvalue weighted by Gasteiger charge is -2.70. The molecule has 4 unspecified atom stereocenters. The number of hydrogen-bond donors (Lipinski definition) is 3. The van der Waals surface area contributed by atoms with Crippen molar-refractivity contribution in [3.8, 4) is 0 Å². The van der Waals surface area contributed by atoms with Gasteiger partial charge in [0, 0.05) is 17.3 Å². The molecule has 9 heteroatoms. The third-order valence-corrected chi connectivity index (χ3v) is 26.9. The lowest BCUT2D eigenvalue weighted by Crippen LogP contribution is -2.67. The summed E-state index contributed by atoms with van der Waals surface area (Å²) in [6.45, 7) is 31.9. The lowest BCUT2D eigenvalue weighted by molar-refractivity contribution is -0.217. The average Bonchev–Trinajstić information content (AvgIpc) is 3.30. The number of esters is 2. The van der Waals surface area contributed by atoms with Gasteiger partial charge in [-0.25, -0.2) is 0 Å². The molecule has 0 radical (unpaired) electrons. The second-order valence-corrected chi connectivity index (χ2v) is 31.1. The molecule has 10 rings (SSSR count). The van der Waals surface area contributed by atoms with Gasteiger partial charge in [-0.2, -0.15) is 0 Å².